The van der Waals surface area contributed by atoms with Crippen LogP contribution in [-0.4, -0.2) is 24.2 Å². The molecule has 1 aromatic carbocycles. The molecule has 0 radical (unpaired) electrons. The smallest absolute Gasteiger partial charge is 0.253 e. The lowest BCUT2D eigenvalue weighted by atomic mass is 10.0. The first-order chi connectivity index (χ1) is 8.97. The topological polar surface area (TPSA) is 75.4 Å². The normalized spacial score (nSPS) is 16.2. The molecule has 0 aliphatic heterocycles. The van der Waals surface area contributed by atoms with E-state index >= 15 is 0 Å². The second-order valence-electron chi connectivity index (χ2n) is 5.01. The number of anilines is 1. The average Bonchev–Trinajstić information content (AvgIpc) is 3.12. The molecule has 104 valence electrons. The van der Waals surface area contributed by atoms with Crippen LogP contribution in [0.3, 0.4) is 0 Å². The Morgan fingerprint density at radius 1 is 1.37 bits per heavy atom. The number of benzene rings is 1. The molecular weight excluding hydrogens is 254 g/mol. The summed E-state index contributed by atoms with van der Waals surface area (Å²) in [5.41, 5.74) is 5.29. The molecule has 4 nitrogen and oxygen atoms in total. The molecule has 0 saturated heterocycles. The molecule has 1 fully saturated rings. The first-order valence-electron chi connectivity index (χ1n) is 6.11. The molecule has 0 aromatic heterocycles. The van der Waals surface area contributed by atoms with Crippen LogP contribution < -0.4 is 11.1 Å². The van der Waals surface area contributed by atoms with Gasteiger partial charge in [0.25, 0.3) is 5.91 Å². The molecule has 19 heavy (non-hydrogen) atoms. The molecule has 2 rings (SSSR count). The zero-order chi connectivity index (χ0) is 14.0. The van der Waals surface area contributed by atoms with Crippen molar-refractivity contribution in [3.05, 3.63) is 29.3 Å². The molecule has 0 bridgehead atoms. The maximum absolute atomic E-state index is 13.1. The van der Waals surface area contributed by atoms with Crippen LogP contribution >= 0.6 is 0 Å². The number of amides is 1. The highest BCUT2D eigenvalue weighted by Gasteiger charge is 2.41. The number of hydrogen-bond acceptors (Lipinski definition) is 3. The van der Waals surface area contributed by atoms with Crippen LogP contribution in [0.25, 0.3) is 0 Å². The fourth-order valence-electron chi connectivity index (χ4n) is 2.05. The molecule has 1 aromatic rings. The van der Waals surface area contributed by atoms with Gasteiger partial charge in [0.15, 0.2) is 11.6 Å². The fraction of sp³-hybridized carbons (Fsp3) is 0.462. The van der Waals surface area contributed by atoms with Gasteiger partial charge in [-0.3, -0.25) is 4.79 Å². The first-order valence-corrected chi connectivity index (χ1v) is 6.11. The lowest BCUT2D eigenvalue weighted by Crippen LogP contribution is -2.31. The number of nitrogens with one attached hydrogen (secondary N) is 1. The number of carbonyl (C=O) groups is 1. The zero-order valence-corrected chi connectivity index (χ0v) is 10.4. The Labute approximate surface area is 109 Å². The standard InChI is InChI=1S/C13H16F2N2O2/c14-9-5-8(11(16)6-10(9)15)12(19)17-7-13(1-2-13)3-4-18/h5-6,18H,1-4,7,16H2,(H,17,19). The summed E-state index contributed by atoms with van der Waals surface area (Å²) < 4.78 is 26.0. The fourth-order valence-corrected chi connectivity index (χ4v) is 2.05. The van der Waals surface area contributed by atoms with Gasteiger partial charge in [-0.25, -0.2) is 8.78 Å². The Morgan fingerprint density at radius 2 is 2.00 bits per heavy atom. The van der Waals surface area contributed by atoms with Crippen molar-refractivity contribution in [2.45, 2.75) is 19.3 Å². The predicted octanol–water partition coefficient (Wildman–Crippen LogP) is 1.44. The van der Waals surface area contributed by atoms with E-state index in [4.69, 9.17) is 10.8 Å². The lowest BCUT2D eigenvalue weighted by molar-refractivity contribution is 0.0941. The van der Waals surface area contributed by atoms with Crippen molar-refractivity contribution in [3.8, 4) is 0 Å². The van der Waals surface area contributed by atoms with E-state index in [2.05, 4.69) is 5.32 Å². The van der Waals surface area contributed by atoms with E-state index in [9.17, 15) is 13.6 Å². The second kappa shape index (κ2) is 5.13. The molecular formula is C13H16F2N2O2. The number of aliphatic hydroxyl groups is 1. The van der Waals surface area contributed by atoms with Crippen molar-refractivity contribution in [2.24, 2.45) is 5.41 Å². The number of nitrogen functional groups attached to an aromatic ring is 1. The highest BCUT2D eigenvalue weighted by Crippen LogP contribution is 2.47. The van der Waals surface area contributed by atoms with Gasteiger partial charge < -0.3 is 16.2 Å². The van der Waals surface area contributed by atoms with Crippen LogP contribution in [0.1, 0.15) is 29.6 Å². The van der Waals surface area contributed by atoms with Gasteiger partial charge in [-0.15, -0.1) is 0 Å². The van der Waals surface area contributed by atoms with E-state index in [0.29, 0.717) is 13.0 Å². The molecule has 0 spiro atoms. The summed E-state index contributed by atoms with van der Waals surface area (Å²) in [6, 6.07) is 1.59. The third-order valence-corrected chi connectivity index (χ3v) is 3.56. The number of rotatable bonds is 5. The highest BCUT2D eigenvalue weighted by atomic mass is 19.2. The van der Waals surface area contributed by atoms with E-state index in [-0.39, 0.29) is 23.3 Å². The van der Waals surface area contributed by atoms with E-state index in [1.807, 2.05) is 0 Å². The van der Waals surface area contributed by atoms with Gasteiger partial charge in [-0.1, -0.05) is 0 Å². The van der Waals surface area contributed by atoms with Crippen LogP contribution in [0.2, 0.25) is 0 Å². The van der Waals surface area contributed by atoms with Crippen molar-refractivity contribution in [1.29, 1.82) is 0 Å². The maximum atomic E-state index is 13.1. The van der Waals surface area contributed by atoms with Crippen molar-refractivity contribution in [3.63, 3.8) is 0 Å². The van der Waals surface area contributed by atoms with Gasteiger partial charge in [-0.2, -0.15) is 0 Å². The summed E-state index contributed by atoms with van der Waals surface area (Å²) in [6.45, 7) is 0.480. The van der Waals surface area contributed by atoms with Crippen LogP contribution in [0, 0.1) is 17.0 Å². The minimum atomic E-state index is -1.10. The quantitative estimate of drug-likeness (QED) is 0.709. The average molecular weight is 270 g/mol. The molecule has 0 unspecified atom stereocenters. The van der Waals surface area contributed by atoms with Gasteiger partial charge in [0, 0.05) is 24.9 Å². The minimum absolute atomic E-state index is 0.0439. The zero-order valence-electron chi connectivity index (χ0n) is 10.4. The van der Waals surface area contributed by atoms with Crippen LogP contribution in [-0.2, 0) is 0 Å². The molecule has 6 heteroatoms. The number of hydrogen-bond donors (Lipinski definition) is 3. The summed E-state index contributed by atoms with van der Waals surface area (Å²) in [5.74, 6) is -2.70. The molecule has 1 aliphatic carbocycles. The second-order valence-corrected chi connectivity index (χ2v) is 5.01. The van der Waals surface area contributed by atoms with Crippen LogP contribution in [0.5, 0.6) is 0 Å². The van der Waals surface area contributed by atoms with Crippen molar-refractivity contribution >= 4 is 11.6 Å². The van der Waals surface area contributed by atoms with Crippen LogP contribution in [0.15, 0.2) is 12.1 Å². The summed E-state index contributed by atoms with van der Waals surface area (Å²) >= 11 is 0. The monoisotopic (exact) mass is 270 g/mol. The van der Waals surface area contributed by atoms with Crippen molar-refractivity contribution in [2.75, 3.05) is 18.9 Å². The molecule has 4 N–H and O–H groups in total. The molecule has 0 heterocycles. The third kappa shape index (κ3) is 3.01. The van der Waals surface area contributed by atoms with E-state index in [0.717, 1.165) is 25.0 Å². The van der Waals surface area contributed by atoms with Gasteiger partial charge in [0.1, 0.15) is 0 Å². The predicted molar refractivity (Wildman–Crippen MR) is 66.5 cm³/mol. The van der Waals surface area contributed by atoms with E-state index < -0.39 is 17.5 Å². The Bertz CT molecular complexity index is 502. The van der Waals surface area contributed by atoms with Crippen LogP contribution in [0.4, 0.5) is 14.5 Å². The van der Waals surface area contributed by atoms with E-state index in [1.165, 1.54) is 0 Å². The Kier molecular flexibility index (Phi) is 3.71. The number of halogens is 2. The Hall–Kier alpha value is -1.69. The Balaban J connectivity index is 2.02. The van der Waals surface area contributed by atoms with Crippen molar-refractivity contribution in [1.82, 2.24) is 5.32 Å². The van der Waals surface area contributed by atoms with Gasteiger partial charge in [-0.05, 0) is 30.7 Å². The van der Waals surface area contributed by atoms with Gasteiger partial charge >= 0.3 is 0 Å². The summed E-state index contributed by atoms with van der Waals surface area (Å²) in [5, 5.41) is 11.6. The highest BCUT2D eigenvalue weighted by molar-refractivity contribution is 5.99. The molecule has 1 amide bonds. The summed E-state index contributed by atoms with van der Waals surface area (Å²) in [4.78, 5) is 11.9. The summed E-state index contributed by atoms with van der Waals surface area (Å²) in [7, 11) is 0. The van der Waals surface area contributed by atoms with E-state index in [1.54, 1.807) is 0 Å². The molecule has 0 atom stereocenters. The summed E-state index contributed by atoms with van der Waals surface area (Å²) in [6.07, 6.45) is 2.52. The molecule has 1 aliphatic rings. The van der Waals surface area contributed by atoms with Gasteiger partial charge in [0.2, 0.25) is 0 Å². The SMILES string of the molecule is Nc1cc(F)c(F)cc1C(=O)NCC1(CCO)CC1. The number of carbonyl (C=O) groups excluding carboxylic acids is 1. The first kappa shape index (κ1) is 13.7. The largest absolute Gasteiger partial charge is 0.398 e. The number of nitrogens with two attached hydrogens (primary N) is 1. The number of aliphatic hydroxyl groups excluding tert-OH is 1. The lowest BCUT2D eigenvalue weighted by Gasteiger charge is -2.15. The maximum Gasteiger partial charge on any atom is 0.253 e. The molecule has 1 saturated carbocycles. The minimum Gasteiger partial charge on any atom is -0.398 e. The van der Waals surface area contributed by atoms with Crippen molar-refractivity contribution < 1.29 is 18.7 Å². The third-order valence-electron chi connectivity index (χ3n) is 3.56. The van der Waals surface area contributed by atoms with Gasteiger partial charge in [0.05, 0.1) is 5.56 Å². The Morgan fingerprint density at radius 3 is 2.58 bits per heavy atom.